The molecule has 122 valence electrons. The molecule has 0 saturated carbocycles. The van der Waals surface area contributed by atoms with Crippen LogP contribution >= 0.6 is 15.9 Å². The second-order valence-corrected chi connectivity index (χ2v) is 5.84. The minimum Gasteiger partial charge on any atom is -0.444 e. The zero-order chi connectivity index (χ0) is 16.8. The minimum absolute atomic E-state index is 0.176. The van der Waals surface area contributed by atoms with Crippen molar-refractivity contribution in [2.75, 3.05) is 32.1 Å². The van der Waals surface area contributed by atoms with E-state index in [4.69, 9.17) is 4.42 Å². The summed E-state index contributed by atoms with van der Waals surface area (Å²) in [5.74, 6) is -0.270. The molecule has 0 unspecified atom stereocenters. The van der Waals surface area contributed by atoms with Crippen molar-refractivity contribution in [3.8, 4) is 0 Å². The summed E-state index contributed by atoms with van der Waals surface area (Å²) >= 11 is 3.13. The summed E-state index contributed by atoms with van der Waals surface area (Å²) in [4.78, 5) is 25.7. The van der Waals surface area contributed by atoms with E-state index in [9.17, 15) is 9.59 Å². The van der Waals surface area contributed by atoms with Gasteiger partial charge in [0, 0.05) is 38.4 Å². The quantitative estimate of drug-likeness (QED) is 0.754. The summed E-state index contributed by atoms with van der Waals surface area (Å²) in [6.45, 7) is 0.653. The van der Waals surface area contributed by atoms with Gasteiger partial charge >= 0.3 is 0 Å². The van der Waals surface area contributed by atoms with E-state index in [-0.39, 0.29) is 17.6 Å². The first kappa shape index (κ1) is 17.1. The fraction of sp³-hybridized carbons (Fsp3) is 0.250. The van der Waals surface area contributed by atoms with E-state index in [0.717, 1.165) is 5.69 Å². The lowest BCUT2D eigenvalue weighted by Gasteiger charge is -2.12. The Morgan fingerprint density at radius 1 is 1.00 bits per heavy atom. The lowest BCUT2D eigenvalue weighted by Crippen LogP contribution is -2.34. The lowest BCUT2D eigenvalue weighted by molar-refractivity contribution is 0.0909. The number of carbonyl (C=O) groups is 2. The van der Waals surface area contributed by atoms with Crippen molar-refractivity contribution in [1.82, 2.24) is 10.6 Å². The van der Waals surface area contributed by atoms with Gasteiger partial charge in [-0.1, -0.05) is 0 Å². The number of nitrogens with zero attached hydrogens (tertiary/aromatic N) is 1. The number of hydrogen-bond acceptors (Lipinski definition) is 4. The smallest absolute Gasteiger partial charge is 0.287 e. The molecular formula is C16H18BrN3O3. The van der Waals surface area contributed by atoms with Crippen molar-refractivity contribution in [3.05, 3.63) is 52.4 Å². The molecule has 2 aromatic rings. The second kappa shape index (κ2) is 7.82. The molecule has 6 nitrogen and oxygen atoms in total. The van der Waals surface area contributed by atoms with E-state index in [1.54, 1.807) is 24.3 Å². The topological polar surface area (TPSA) is 74.6 Å². The van der Waals surface area contributed by atoms with Crippen molar-refractivity contribution < 1.29 is 14.0 Å². The van der Waals surface area contributed by atoms with Crippen molar-refractivity contribution in [3.63, 3.8) is 0 Å². The molecule has 0 spiro atoms. The Kier molecular flexibility index (Phi) is 5.81. The van der Waals surface area contributed by atoms with Gasteiger partial charge in [-0.3, -0.25) is 9.59 Å². The highest BCUT2D eigenvalue weighted by Gasteiger charge is 2.10. The standard InChI is InChI=1S/C16H18BrN3O3/c1-20(2)12-5-3-11(4-6-12)15(21)18-9-10-19-16(22)13-7-8-14(17)23-13/h3-8H,9-10H2,1-2H3,(H,18,21)(H,19,22). The third-order valence-corrected chi connectivity index (χ3v) is 3.57. The first-order chi connectivity index (χ1) is 11.0. The Morgan fingerprint density at radius 2 is 1.61 bits per heavy atom. The van der Waals surface area contributed by atoms with Crippen molar-refractivity contribution in [1.29, 1.82) is 0 Å². The molecule has 0 aliphatic rings. The number of furan rings is 1. The molecular weight excluding hydrogens is 362 g/mol. The normalized spacial score (nSPS) is 10.2. The van der Waals surface area contributed by atoms with E-state index >= 15 is 0 Å². The number of halogens is 1. The zero-order valence-electron chi connectivity index (χ0n) is 12.9. The molecule has 2 N–H and O–H groups in total. The van der Waals surface area contributed by atoms with Gasteiger partial charge in [-0.25, -0.2) is 0 Å². The first-order valence-electron chi connectivity index (χ1n) is 7.06. The predicted octanol–water partition coefficient (Wildman–Crippen LogP) is 2.27. The molecule has 0 atom stereocenters. The number of benzene rings is 1. The number of anilines is 1. The monoisotopic (exact) mass is 379 g/mol. The Hall–Kier alpha value is -2.28. The minimum atomic E-state index is -0.319. The van der Waals surface area contributed by atoms with Gasteiger partial charge in [0.15, 0.2) is 10.4 Å². The molecule has 0 fully saturated rings. The van der Waals surface area contributed by atoms with Crippen molar-refractivity contribution in [2.24, 2.45) is 0 Å². The lowest BCUT2D eigenvalue weighted by atomic mass is 10.2. The summed E-state index contributed by atoms with van der Waals surface area (Å²) in [6.07, 6.45) is 0. The van der Waals surface area contributed by atoms with Gasteiger partial charge in [-0.2, -0.15) is 0 Å². The highest BCUT2D eigenvalue weighted by Crippen LogP contribution is 2.13. The summed E-state index contributed by atoms with van der Waals surface area (Å²) in [5.41, 5.74) is 1.61. The molecule has 0 saturated heterocycles. The van der Waals surface area contributed by atoms with Crippen LogP contribution in [0.4, 0.5) is 5.69 Å². The molecule has 1 heterocycles. The molecule has 1 aromatic heterocycles. The fourth-order valence-electron chi connectivity index (χ4n) is 1.89. The predicted molar refractivity (Wildman–Crippen MR) is 91.8 cm³/mol. The number of hydrogen-bond donors (Lipinski definition) is 2. The number of amides is 2. The second-order valence-electron chi connectivity index (χ2n) is 5.06. The van der Waals surface area contributed by atoms with E-state index in [1.807, 2.05) is 31.1 Å². The van der Waals surface area contributed by atoms with Crippen LogP contribution in [0, 0.1) is 0 Å². The van der Waals surface area contributed by atoms with E-state index in [0.29, 0.717) is 23.3 Å². The van der Waals surface area contributed by atoms with Crippen LogP contribution in [0.1, 0.15) is 20.9 Å². The fourth-order valence-corrected chi connectivity index (χ4v) is 2.20. The Bertz CT molecular complexity index is 680. The van der Waals surface area contributed by atoms with Crippen LogP contribution in [0.15, 0.2) is 45.5 Å². The summed E-state index contributed by atoms with van der Waals surface area (Å²) < 4.78 is 5.63. The van der Waals surface area contributed by atoms with Crippen LogP contribution < -0.4 is 15.5 Å². The summed E-state index contributed by atoms with van der Waals surface area (Å²) in [6, 6.07) is 10.5. The first-order valence-corrected chi connectivity index (χ1v) is 7.86. The molecule has 2 amide bonds. The Labute approximate surface area is 143 Å². The number of carbonyl (C=O) groups excluding carboxylic acids is 2. The number of rotatable bonds is 6. The Balaban J connectivity index is 1.75. The van der Waals surface area contributed by atoms with Crippen molar-refractivity contribution in [2.45, 2.75) is 0 Å². The molecule has 23 heavy (non-hydrogen) atoms. The maximum atomic E-state index is 12.0. The van der Waals surface area contributed by atoms with Crippen LogP contribution in [0.2, 0.25) is 0 Å². The molecule has 2 rings (SSSR count). The van der Waals surface area contributed by atoms with Gasteiger partial charge < -0.3 is 20.0 Å². The maximum Gasteiger partial charge on any atom is 0.287 e. The molecule has 1 aromatic carbocycles. The van der Waals surface area contributed by atoms with Crippen LogP contribution in [0.5, 0.6) is 0 Å². The maximum absolute atomic E-state index is 12.0. The van der Waals surface area contributed by atoms with Gasteiger partial charge in [-0.15, -0.1) is 0 Å². The van der Waals surface area contributed by atoms with Crippen molar-refractivity contribution >= 4 is 33.4 Å². The summed E-state index contributed by atoms with van der Waals surface area (Å²) in [5, 5.41) is 5.42. The van der Waals surface area contributed by atoms with Gasteiger partial charge in [0.25, 0.3) is 11.8 Å². The van der Waals surface area contributed by atoms with Gasteiger partial charge in [0.05, 0.1) is 0 Å². The third-order valence-electron chi connectivity index (χ3n) is 3.14. The van der Waals surface area contributed by atoms with Crippen LogP contribution in [-0.2, 0) is 0 Å². The molecule has 0 radical (unpaired) electrons. The van der Waals surface area contributed by atoms with E-state index in [2.05, 4.69) is 26.6 Å². The van der Waals surface area contributed by atoms with Crippen LogP contribution in [0.25, 0.3) is 0 Å². The SMILES string of the molecule is CN(C)c1ccc(C(=O)NCCNC(=O)c2ccc(Br)o2)cc1. The number of nitrogens with one attached hydrogen (secondary N) is 2. The third kappa shape index (κ3) is 4.85. The molecule has 0 aliphatic heterocycles. The van der Waals surface area contributed by atoms with Gasteiger partial charge in [0.2, 0.25) is 0 Å². The van der Waals surface area contributed by atoms with E-state index < -0.39 is 0 Å². The zero-order valence-corrected chi connectivity index (χ0v) is 14.5. The largest absolute Gasteiger partial charge is 0.444 e. The highest BCUT2D eigenvalue weighted by atomic mass is 79.9. The molecule has 0 bridgehead atoms. The highest BCUT2D eigenvalue weighted by molar-refractivity contribution is 9.10. The average Bonchev–Trinajstić information content (AvgIpc) is 2.97. The Morgan fingerprint density at radius 3 is 2.13 bits per heavy atom. The van der Waals surface area contributed by atoms with E-state index in [1.165, 1.54) is 0 Å². The van der Waals surface area contributed by atoms with Gasteiger partial charge in [0.1, 0.15) is 0 Å². The van der Waals surface area contributed by atoms with Crippen LogP contribution in [0.3, 0.4) is 0 Å². The summed E-state index contributed by atoms with van der Waals surface area (Å²) in [7, 11) is 3.88. The van der Waals surface area contributed by atoms with Gasteiger partial charge in [-0.05, 0) is 52.3 Å². The van der Waals surface area contributed by atoms with Crippen LogP contribution in [-0.4, -0.2) is 39.0 Å². The molecule has 0 aliphatic carbocycles. The average molecular weight is 380 g/mol. The molecule has 7 heteroatoms.